The van der Waals surface area contributed by atoms with Crippen molar-refractivity contribution in [1.82, 2.24) is 9.55 Å². The maximum Gasteiger partial charge on any atom is 0.284 e. The highest BCUT2D eigenvalue weighted by molar-refractivity contribution is 5.85. The molecule has 1 amide bonds. The van der Waals surface area contributed by atoms with Crippen molar-refractivity contribution < 1.29 is 27.8 Å². The number of benzene rings is 1. The number of aromatic nitrogens is 2. The summed E-state index contributed by atoms with van der Waals surface area (Å²) >= 11 is 0. The number of nitrogens with two attached hydrogens (primary N) is 1. The Labute approximate surface area is 192 Å². The molecular weight excluding hydrogens is 450 g/mol. The van der Waals surface area contributed by atoms with Gasteiger partial charge in [-0.05, 0) is 25.0 Å². The Hall–Kier alpha value is -4.10. The second-order valence-corrected chi connectivity index (χ2v) is 8.14. The molecule has 2 fully saturated rings. The second-order valence-electron chi connectivity index (χ2n) is 8.14. The molecule has 0 radical (unpaired) electrons. The van der Waals surface area contributed by atoms with E-state index in [1.807, 2.05) is 11.0 Å². The lowest BCUT2D eigenvalue weighted by Gasteiger charge is -2.25. The quantitative estimate of drug-likeness (QED) is 0.665. The second kappa shape index (κ2) is 8.35. The van der Waals surface area contributed by atoms with E-state index in [9.17, 15) is 23.6 Å². The molecule has 0 bridgehead atoms. The molecule has 2 atom stereocenters. The number of carbonyl (C=O) groups excluding carboxylic acids is 2. The normalized spacial score (nSPS) is 21.3. The Balaban J connectivity index is 1.60. The van der Waals surface area contributed by atoms with Gasteiger partial charge in [0, 0.05) is 18.3 Å². The van der Waals surface area contributed by atoms with Gasteiger partial charge in [-0.15, -0.1) is 0 Å². The van der Waals surface area contributed by atoms with Crippen molar-refractivity contribution in [2.24, 2.45) is 5.73 Å². The topological polar surface area (TPSA) is 127 Å². The largest absolute Gasteiger partial charge is 0.491 e. The van der Waals surface area contributed by atoms with Crippen LogP contribution in [-0.2, 0) is 20.9 Å². The van der Waals surface area contributed by atoms with E-state index in [0.717, 1.165) is 17.0 Å². The molecule has 2 saturated heterocycles. The Morgan fingerprint density at radius 2 is 2.12 bits per heavy atom. The van der Waals surface area contributed by atoms with Crippen molar-refractivity contribution in [3.05, 3.63) is 29.8 Å². The average Bonchev–Trinajstić information content (AvgIpc) is 3.53. The summed E-state index contributed by atoms with van der Waals surface area (Å²) < 4.78 is 39.9. The van der Waals surface area contributed by atoms with E-state index in [2.05, 4.69) is 4.98 Å². The van der Waals surface area contributed by atoms with Gasteiger partial charge in [0.1, 0.15) is 42.9 Å². The summed E-state index contributed by atoms with van der Waals surface area (Å²) in [6, 6.07) is 5.47. The fourth-order valence-electron chi connectivity index (χ4n) is 4.73. The number of ether oxygens (including phenoxy) is 2. The first-order valence-corrected chi connectivity index (χ1v) is 10.7. The maximum absolute atomic E-state index is 13.6. The number of amides is 1. The molecule has 5 rings (SSSR count). The van der Waals surface area contributed by atoms with Gasteiger partial charge >= 0.3 is 0 Å². The molecule has 2 aromatic rings. The highest BCUT2D eigenvalue weighted by atomic mass is 19.3. The minimum Gasteiger partial charge on any atom is -0.491 e. The van der Waals surface area contributed by atoms with Crippen molar-refractivity contribution in [2.45, 2.75) is 37.9 Å². The van der Waals surface area contributed by atoms with Crippen molar-refractivity contribution >= 4 is 23.4 Å². The van der Waals surface area contributed by atoms with Crippen LogP contribution in [0.4, 0.5) is 20.3 Å². The number of alkyl halides is 2. The standard InChI is InChI=1S/C22H20F2N6O4/c23-19(24)16-11-34-18(10-31)30(16)22-15(9-25)29-6-7-33-17-8-12(3-4-13(17)21(29)27-22)28-5-1-2-14(28)20(26)32/h3-4,8,14,16,19H,1-2,5-7,11H2,(H2,26,32)/t14-,16-/m0/s1. The molecule has 2 N–H and O–H groups in total. The molecule has 1 aromatic heterocycles. The van der Waals surface area contributed by atoms with Gasteiger partial charge in [0.05, 0.1) is 12.1 Å². The number of rotatable bonds is 4. The summed E-state index contributed by atoms with van der Waals surface area (Å²) in [4.78, 5) is 30.5. The van der Waals surface area contributed by atoms with Crippen LogP contribution in [0.15, 0.2) is 24.1 Å². The van der Waals surface area contributed by atoms with Crippen LogP contribution in [-0.4, -0.2) is 59.7 Å². The van der Waals surface area contributed by atoms with Crippen molar-refractivity contribution in [1.29, 1.82) is 5.26 Å². The third kappa shape index (κ3) is 3.33. The van der Waals surface area contributed by atoms with E-state index in [4.69, 9.17) is 15.2 Å². The number of nitrogens with zero attached hydrogens (tertiary/aromatic N) is 5. The van der Waals surface area contributed by atoms with E-state index < -0.39 is 36.9 Å². The molecule has 10 nitrogen and oxygen atoms in total. The van der Waals surface area contributed by atoms with E-state index in [-0.39, 0.29) is 24.7 Å². The van der Waals surface area contributed by atoms with Gasteiger partial charge in [-0.25, -0.2) is 18.6 Å². The van der Waals surface area contributed by atoms with Crippen LogP contribution in [0.5, 0.6) is 5.75 Å². The average molecular weight is 470 g/mol. The van der Waals surface area contributed by atoms with Gasteiger partial charge in [0.25, 0.3) is 12.3 Å². The van der Waals surface area contributed by atoms with Gasteiger partial charge in [0.2, 0.25) is 5.91 Å². The van der Waals surface area contributed by atoms with E-state index in [1.54, 1.807) is 22.8 Å². The Morgan fingerprint density at radius 3 is 2.82 bits per heavy atom. The number of nitriles is 1. The molecule has 0 saturated carbocycles. The van der Waals surface area contributed by atoms with Gasteiger partial charge in [-0.3, -0.25) is 9.69 Å². The summed E-state index contributed by atoms with van der Waals surface area (Å²) in [5.41, 5.74) is 6.86. The number of carbonyl (C=O) groups is 1. The van der Waals surface area contributed by atoms with Gasteiger partial charge in [-0.1, -0.05) is 0 Å². The Bertz CT molecular complexity index is 1250. The highest BCUT2D eigenvalue weighted by Crippen LogP contribution is 2.41. The van der Waals surface area contributed by atoms with Crippen LogP contribution in [0.3, 0.4) is 0 Å². The lowest BCUT2D eigenvalue weighted by Crippen LogP contribution is -2.40. The SMILES string of the molecule is N#Cc1c(N2C(=C=O)OC[C@H]2C(F)F)nc2n1CCOc1cc(N3CCC[C@H]3C(N)=O)ccc1-2. The molecule has 4 heterocycles. The monoisotopic (exact) mass is 470 g/mol. The predicted octanol–water partition coefficient (Wildman–Crippen LogP) is 1.41. The molecule has 176 valence electrons. The van der Waals surface area contributed by atoms with Crippen molar-refractivity contribution in [3.63, 3.8) is 0 Å². The number of hydrogen-bond acceptors (Lipinski definition) is 8. The smallest absolute Gasteiger partial charge is 0.284 e. The van der Waals surface area contributed by atoms with E-state index in [0.29, 0.717) is 30.1 Å². The molecule has 0 aliphatic carbocycles. The summed E-state index contributed by atoms with van der Waals surface area (Å²) in [6.45, 7) is 0.680. The van der Waals surface area contributed by atoms with Crippen LogP contribution in [0.2, 0.25) is 0 Å². The van der Waals surface area contributed by atoms with Gasteiger partial charge in [-0.2, -0.15) is 5.26 Å². The molecule has 3 aliphatic heterocycles. The Morgan fingerprint density at radius 1 is 1.29 bits per heavy atom. The summed E-state index contributed by atoms with van der Waals surface area (Å²) in [7, 11) is 0. The fraction of sp³-hybridized carbons (Fsp3) is 0.409. The summed E-state index contributed by atoms with van der Waals surface area (Å²) in [5.74, 6) is 1.41. The van der Waals surface area contributed by atoms with Crippen LogP contribution in [0.25, 0.3) is 11.4 Å². The molecule has 1 aromatic carbocycles. The molecule has 34 heavy (non-hydrogen) atoms. The van der Waals surface area contributed by atoms with Gasteiger partial charge in [0.15, 0.2) is 17.5 Å². The number of primary amides is 1. The third-order valence-electron chi connectivity index (χ3n) is 6.29. The van der Waals surface area contributed by atoms with Crippen molar-refractivity contribution in [2.75, 3.05) is 29.6 Å². The zero-order chi connectivity index (χ0) is 24.0. The van der Waals surface area contributed by atoms with E-state index >= 15 is 0 Å². The first-order chi connectivity index (χ1) is 16.4. The lowest BCUT2D eigenvalue weighted by atomic mass is 10.1. The number of imidazole rings is 1. The molecule has 12 heteroatoms. The number of halogens is 2. The zero-order valence-corrected chi connectivity index (χ0v) is 17.9. The zero-order valence-electron chi connectivity index (χ0n) is 17.9. The highest BCUT2D eigenvalue weighted by Gasteiger charge is 2.42. The third-order valence-corrected chi connectivity index (χ3v) is 6.29. The van der Waals surface area contributed by atoms with Crippen molar-refractivity contribution in [3.8, 4) is 23.2 Å². The lowest BCUT2D eigenvalue weighted by molar-refractivity contribution is -0.119. The molecule has 0 spiro atoms. The number of hydrogen-bond donors (Lipinski definition) is 1. The van der Waals surface area contributed by atoms with Gasteiger partial charge < -0.3 is 24.7 Å². The number of fused-ring (bicyclic) bond motifs is 3. The number of anilines is 2. The first kappa shape index (κ1) is 21.7. The fourth-order valence-corrected chi connectivity index (χ4v) is 4.73. The maximum atomic E-state index is 13.6. The van der Waals surface area contributed by atoms with Crippen LogP contribution >= 0.6 is 0 Å². The summed E-state index contributed by atoms with van der Waals surface area (Å²) in [5, 5.41) is 9.85. The van der Waals surface area contributed by atoms with Crippen LogP contribution in [0, 0.1) is 11.3 Å². The molecular formula is C22H20F2N6O4. The van der Waals surface area contributed by atoms with E-state index in [1.165, 1.54) is 5.94 Å². The first-order valence-electron chi connectivity index (χ1n) is 10.7. The predicted molar refractivity (Wildman–Crippen MR) is 115 cm³/mol. The van der Waals surface area contributed by atoms with Crippen LogP contribution in [0.1, 0.15) is 18.5 Å². The molecule has 3 aliphatic rings. The van der Waals surface area contributed by atoms with Crippen LogP contribution < -0.4 is 20.3 Å². The molecule has 0 unspecified atom stereocenters. The minimum atomic E-state index is -2.84. The summed E-state index contributed by atoms with van der Waals surface area (Å²) in [6.07, 6.45) is -1.33. The minimum absolute atomic E-state index is 0.00719. The Kier molecular flexibility index (Phi) is 5.34.